The van der Waals surface area contributed by atoms with Crippen LogP contribution < -0.4 is 14.2 Å². The van der Waals surface area contributed by atoms with Crippen LogP contribution in [0.4, 0.5) is 5.69 Å². The van der Waals surface area contributed by atoms with Crippen LogP contribution in [-0.2, 0) is 11.2 Å². The number of aliphatic imine (C=N–C) groups is 1. The lowest BCUT2D eigenvalue weighted by atomic mass is 10.1. The normalized spacial score (nSPS) is 20.1. The van der Waals surface area contributed by atoms with Crippen LogP contribution in [0.3, 0.4) is 0 Å². The number of nitrogens with zero attached hydrogens (tertiary/aromatic N) is 2. The molecule has 2 aromatic carbocycles. The van der Waals surface area contributed by atoms with Crippen molar-refractivity contribution in [1.29, 1.82) is 0 Å². The number of carbonyl (C=O) groups is 1. The summed E-state index contributed by atoms with van der Waals surface area (Å²) in [6.45, 7) is 0.247. The van der Waals surface area contributed by atoms with Crippen molar-refractivity contribution in [3.05, 3.63) is 48.0 Å². The minimum Gasteiger partial charge on any atom is -0.497 e. The molecule has 6 nitrogen and oxygen atoms in total. The lowest BCUT2D eigenvalue weighted by Gasteiger charge is -2.09. The largest absolute Gasteiger partial charge is 0.497 e. The van der Waals surface area contributed by atoms with E-state index in [0.717, 1.165) is 28.5 Å². The molecule has 1 fully saturated rings. The minimum atomic E-state index is -0.197. The highest BCUT2D eigenvalue weighted by Crippen LogP contribution is 2.35. The van der Waals surface area contributed by atoms with Gasteiger partial charge in [-0.05, 0) is 48.4 Å². The summed E-state index contributed by atoms with van der Waals surface area (Å²) >= 11 is 1.48. The number of hydrogen-bond donors (Lipinski definition) is 0. The Labute approximate surface area is 155 Å². The van der Waals surface area contributed by atoms with Crippen molar-refractivity contribution in [1.82, 2.24) is 4.90 Å². The summed E-state index contributed by atoms with van der Waals surface area (Å²) in [4.78, 5) is 18.8. The summed E-state index contributed by atoms with van der Waals surface area (Å²) in [6.07, 6.45) is 0.617. The first-order chi connectivity index (χ1) is 12.6. The third kappa shape index (κ3) is 3.22. The lowest BCUT2D eigenvalue weighted by Crippen LogP contribution is -2.28. The second-order valence-electron chi connectivity index (χ2n) is 5.99. The van der Waals surface area contributed by atoms with Gasteiger partial charge in [-0.25, -0.2) is 4.99 Å². The van der Waals surface area contributed by atoms with E-state index in [0.29, 0.717) is 11.6 Å². The number of methoxy groups -OCH3 is 1. The maximum atomic E-state index is 12.6. The van der Waals surface area contributed by atoms with E-state index in [1.807, 2.05) is 42.5 Å². The highest BCUT2D eigenvalue weighted by Gasteiger charge is 2.35. The van der Waals surface area contributed by atoms with Crippen molar-refractivity contribution in [2.45, 2.75) is 11.7 Å². The van der Waals surface area contributed by atoms with Crippen LogP contribution >= 0.6 is 11.8 Å². The third-order valence-corrected chi connectivity index (χ3v) is 5.52. The number of rotatable bonds is 4. The summed E-state index contributed by atoms with van der Waals surface area (Å²) in [5.41, 5.74) is 1.83. The molecule has 134 valence electrons. The van der Waals surface area contributed by atoms with Crippen molar-refractivity contribution < 1.29 is 19.0 Å². The molecular weight excluding hydrogens is 352 g/mol. The van der Waals surface area contributed by atoms with E-state index in [1.165, 1.54) is 11.8 Å². The molecule has 0 aliphatic carbocycles. The van der Waals surface area contributed by atoms with E-state index >= 15 is 0 Å². The molecule has 0 aromatic heterocycles. The molecule has 26 heavy (non-hydrogen) atoms. The molecule has 2 aliphatic rings. The molecule has 2 aromatic rings. The molecule has 0 radical (unpaired) electrons. The van der Waals surface area contributed by atoms with Crippen LogP contribution in [0.1, 0.15) is 5.56 Å². The van der Waals surface area contributed by atoms with Crippen molar-refractivity contribution in [2.75, 3.05) is 21.0 Å². The molecule has 2 aliphatic heterocycles. The average Bonchev–Trinajstić information content (AvgIpc) is 3.23. The predicted octanol–water partition coefficient (Wildman–Crippen LogP) is 3.23. The van der Waals surface area contributed by atoms with Crippen LogP contribution in [0.2, 0.25) is 0 Å². The molecule has 1 atom stereocenters. The maximum absolute atomic E-state index is 12.6. The van der Waals surface area contributed by atoms with Gasteiger partial charge < -0.3 is 14.2 Å². The van der Waals surface area contributed by atoms with Gasteiger partial charge in [0.25, 0.3) is 0 Å². The Morgan fingerprint density at radius 1 is 1.19 bits per heavy atom. The van der Waals surface area contributed by atoms with Crippen molar-refractivity contribution in [3.8, 4) is 17.2 Å². The molecule has 0 unspecified atom stereocenters. The zero-order valence-electron chi connectivity index (χ0n) is 14.5. The molecule has 2 heterocycles. The number of carbonyl (C=O) groups excluding carboxylic acids is 1. The second-order valence-corrected chi connectivity index (χ2v) is 7.16. The molecule has 0 saturated carbocycles. The fraction of sp³-hybridized carbons (Fsp3) is 0.263. The number of fused-ring (bicyclic) bond motifs is 1. The molecule has 0 spiro atoms. The van der Waals surface area contributed by atoms with Crippen LogP contribution in [0.25, 0.3) is 0 Å². The van der Waals surface area contributed by atoms with E-state index < -0.39 is 0 Å². The number of benzene rings is 2. The number of amides is 1. The van der Waals surface area contributed by atoms with Gasteiger partial charge in [-0.2, -0.15) is 0 Å². The molecular formula is C19H18N2O4S. The van der Waals surface area contributed by atoms with Crippen molar-refractivity contribution in [2.24, 2.45) is 4.99 Å². The molecule has 1 saturated heterocycles. The number of ether oxygens (including phenoxy) is 3. The summed E-state index contributed by atoms with van der Waals surface area (Å²) < 4.78 is 15.9. The fourth-order valence-corrected chi connectivity index (χ4v) is 4.04. The minimum absolute atomic E-state index is 0.0555. The Morgan fingerprint density at radius 2 is 1.96 bits per heavy atom. The third-order valence-electron chi connectivity index (χ3n) is 4.30. The van der Waals surface area contributed by atoms with E-state index in [4.69, 9.17) is 14.2 Å². The van der Waals surface area contributed by atoms with Crippen LogP contribution in [0.15, 0.2) is 47.5 Å². The fourth-order valence-electron chi connectivity index (χ4n) is 2.85. The van der Waals surface area contributed by atoms with Crippen LogP contribution in [0, 0.1) is 0 Å². The average molecular weight is 370 g/mol. The van der Waals surface area contributed by atoms with E-state index in [9.17, 15) is 4.79 Å². The Hall–Kier alpha value is -2.67. The van der Waals surface area contributed by atoms with Gasteiger partial charge in [0.15, 0.2) is 16.7 Å². The maximum Gasteiger partial charge on any atom is 0.242 e. The van der Waals surface area contributed by atoms with Gasteiger partial charge in [-0.1, -0.05) is 17.8 Å². The Balaban J connectivity index is 1.50. The Bertz CT molecular complexity index is 866. The van der Waals surface area contributed by atoms with Crippen molar-refractivity contribution in [3.63, 3.8) is 0 Å². The predicted molar refractivity (Wildman–Crippen MR) is 101 cm³/mol. The highest BCUT2D eigenvalue weighted by atomic mass is 32.2. The second kappa shape index (κ2) is 6.92. The van der Waals surface area contributed by atoms with Gasteiger partial charge in [-0.15, -0.1) is 0 Å². The molecule has 7 heteroatoms. The Kier molecular flexibility index (Phi) is 4.46. The SMILES string of the molecule is COc1ccc(N=C2S[C@H](Cc3ccc4c(c3)OCO4)C(=O)N2C)cc1. The zero-order valence-corrected chi connectivity index (χ0v) is 15.3. The standard InChI is InChI=1S/C19H18N2O4S/c1-21-18(22)17(10-12-3-8-15-16(9-12)25-11-24-15)26-19(21)20-13-4-6-14(23-2)7-5-13/h3-9,17H,10-11H2,1-2H3/t17-/m1/s1. The van der Waals surface area contributed by atoms with Gasteiger partial charge in [-0.3, -0.25) is 9.69 Å². The summed E-state index contributed by atoms with van der Waals surface area (Å²) in [7, 11) is 3.39. The summed E-state index contributed by atoms with van der Waals surface area (Å²) in [6, 6.07) is 13.2. The monoisotopic (exact) mass is 370 g/mol. The van der Waals surface area contributed by atoms with Crippen molar-refractivity contribution >= 4 is 28.5 Å². The number of amidine groups is 1. The Morgan fingerprint density at radius 3 is 2.73 bits per heavy atom. The van der Waals surface area contributed by atoms with Gasteiger partial charge >= 0.3 is 0 Å². The molecule has 0 bridgehead atoms. The quantitative estimate of drug-likeness (QED) is 0.827. The van der Waals surface area contributed by atoms with Gasteiger partial charge in [0.2, 0.25) is 12.7 Å². The van der Waals surface area contributed by atoms with Gasteiger partial charge in [0, 0.05) is 7.05 Å². The zero-order chi connectivity index (χ0) is 18.1. The topological polar surface area (TPSA) is 60.4 Å². The number of hydrogen-bond acceptors (Lipinski definition) is 6. The summed E-state index contributed by atoms with van der Waals surface area (Å²) in [5, 5.41) is 0.503. The number of thioether (sulfide) groups is 1. The summed E-state index contributed by atoms with van der Waals surface area (Å²) in [5.74, 6) is 2.31. The first-order valence-corrected chi connectivity index (χ1v) is 9.07. The van der Waals surface area contributed by atoms with E-state index in [-0.39, 0.29) is 18.0 Å². The van der Waals surface area contributed by atoms with Crippen LogP contribution in [-0.4, -0.2) is 42.2 Å². The molecule has 0 N–H and O–H groups in total. The molecule has 4 rings (SSSR count). The highest BCUT2D eigenvalue weighted by molar-refractivity contribution is 8.15. The van der Waals surface area contributed by atoms with E-state index in [2.05, 4.69) is 4.99 Å². The van der Waals surface area contributed by atoms with Crippen LogP contribution in [0.5, 0.6) is 17.2 Å². The van der Waals surface area contributed by atoms with Gasteiger partial charge in [0.1, 0.15) is 5.75 Å². The van der Waals surface area contributed by atoms with E-state index in [1.54, 1.807) is 19.1 Å². The first-order valence-electron chi connectivity index (χ1n) is 8.19. The lowest BCUT2D eigenvalue weighted by molar-refractivity contribution is -0.125. The molecule has 1 amide bonds. The smallest absolute Gasteiger partial charge is 0.242 e. The first kappa shape index (κ1) is 16.8. The van der Waals surface area contributed by atoms with Gasteiger partial charge in [0.05, 0.1) is 18.0 Å².